The Labute approximate surface area is 59.7 Å². The Morgan fingerprint density at radius 3 is 3.30 bits per heavy atom. The van der Waals surface area contributed by atoms with Crippen molar-refractivity contribution in [2.75, 3.05) is 0 Å². The lowest BCUT2D eigenvalue weighted by atomic mass is 10.4. The van der Waals surface area contributed by atoms with Gasteiger partial charge >= 0.3 is 0 Å². The minimum Gasteiger partial charge on any atom is -0.267 e. The normalized spacial score (nSPS) is 10.4. The highest BCUT2D eigenvalue weighted by molar-refractivity contribution is 7.04. The van der Waals surface area contributed by atoms with Crippen LogP contribution in [0.4, 0.5) is 0 Å². The molecule has 4 nitrogen and oxygen atoms in total. The lowest BCUT2D eigenvalue weighted by molar-refractivity contribution is 1.01. The molecule has 0 bridgehead atoms. The highest BCUT2D eigenvalue weighted by Crippen LogP contribution is 2.06. The van der Waals surface area contributed by atoms with E-state index in [4.69, 9.17) is 0 Å². The molecule has 0 aliphatic carbocycles. The van der Waals surface area contributed by atoms with E-state index < -0.39 is 0 Å². The quantitative estimate of drug-likeness (QED) is 0.595. The predicted octanol–water partition coefficient (Wildman–Crippen LogP) is 0.380. The van der Waals surface area contributed by atoms with Crippen LogP contribution < -0.4 is 5.56 Å². The van der Waals surface area contributed by atoms with Crippen molar-refractivity contribution in [1.29, 1.82) is 0 Å². The summed E-state index contributed by atoms with van der Waals surface area (Å²) in [5.74, 6) is 0. The van der Waals surface area contributed by atoms with Crippen LogP contribution in [0.25, 0.3) is 10.9 Å². The van der Waals surface area contributed by atoms with Crippen molar-refractivity contribution in [3.8, 4) is 0 Å². The molecule has 1 N–H and O–H groups in total. The summed E-state index contributed by atoms with van der Waals surface area (Å²) in [6, 6.07) is 0. The first-order valence-electron chi connectivity index (χ1n) is 2.66. The van der Waals surface area contributed by atoms with Crippen LogP contribution in [0.3, 0.4) is 0 Å². The summed E-state index contributed by atoms with van der Waals surface area (Å²) in [7, 11) is 0. The number of rotatable bonds is 0. The average molecular weight is 153 g/mol. The molecule has 2 rings (SSSR count). The lowest BCUT2D eigenvalue weighted by Crippen LogP contribution is -2.05. The summed E-state index contributed by atoms with van der Waals surface area (Å²) >= 11 is 1.26. The highest BCUT2D eigenvalue weighted by atomic mass is 32.1. The van der Waals surface area contributed by atoms with E-state index in [1.165, 1.54) is 17.7 Å². The monoisotopic (exact) mass is 153 g/mol. The molecular weight excluding hydrogens is 150 g/mol. The van der Waals surface area contributed by atoms with Crippen LogP contribution in [0.1, 0.15) is 0 Å². The molecule has 0 aromatic carbocycles. The van der Waals surface area contributed by atoms with Gasteiger partial charge in [0, 0.05) is 5.38 Å². The molecule has 0 unspecified atom stereocenters. The Morgan fingerprint density at radius 2 is 2.50 bits per heavy atom. The molecule has 0 aliphatic rings. The van der Waals surface area contributed by atoms with Gasteiger partial charge in [-0.2, -0.15) is 9.47 Å². The fraction of sp³-hybridized carbons (Fsp3) is 0. The summed E-state index contributed by atoms with van der Waals surface area (Å²) in [6.45, 7) is 0. The summed E-state index contributed by atoms with van der Waals surface area (Å²) < 4.78 is 3.94. The fourth-order valence-corrected chi connectivity index (χ4v) is 1.37. The van der Waals surface area contributed by atoms with E-state index in [1.807, 2.05) is 0 Å². The van der Waals surface area contributed by atoms with Crippen molar-refractivity contribution in [2.24, 2.45) is 0 Å². The molecule has 0 saturated heterocycles. The third-order valence-corrected chi connectivity index (χ3v) is 1.84. The van der Waals surface area contributed by atoms with E-state index in [-0.39, 0.29) is 5.56 Å². The number of H-pyrrole nitrogens is 1. The molecule has 0 saturated carbocycles. The third kappa shape index (κ3) is 0.640. The smallest absolute Gasteiger partial charge is 0.267 e. The Morgan fingerprint density at radius 1 is 1.60 bits per heavy atom. The zero-order valence-corrected chi connectivity index (χ0v) is 5.68. The molecular formula is C5H3N3OS. The molecule has 10 heavy (non-hydrogen) atoms. The molecule has 5 heteroatoms. The zero-order valence-electron chi connectivity index (χ0n) is 4.87. The van der Waals surface area contributed by atoms with Crippen molar-refractivity contribution >= 4 is 22.4 Å². The molecule has 2 aromatic rings. The largest absolute Gasteiger partial charge is 0.274 e. The maximum absolute atomic E-state index is 10.9. The molecule has 2 aromatic heterocycles. The number of hydrogen-bond acceptors (Lipinski definition) is 4. The lowest BCUT2D eigenvalue weighted by Gasteiger charge is -1.81. The summed E-state index contributed by atoms with van der Waals surface area (Å²) in [5, 5.41) is 8.23. The SMILES string of the molecule is O=c1[nH]ncc2nscc12. The minimum atomic E-state index is -0.175. The zero-order chi connectivity index (χ0) is 6.97. The van der Waals surface area contributed by atoms with Gasteiger partial charge in [0.25, 0.3) is 5.56 Å². The number of nitrogens with zero attached hydrogens (tertiary/aromatic N) is 2. The standard InChI is InChI=1S/C5H3N3OS/c9-5-3-2-10-8-4(3)1-6-7-5/h1-2H,(H,7,9). The van der Waals surface area contributed by atoms with E-state index in [0.717, 1.165) is 0 Å². The van der Waals surface area contributed by atoms with Gasteiger partial charge in [0.05, 0.1) is 11.6 Å². The van der Waals surface area contributed by atoms with Gasteiger partial charge in [-0.1, -0.05) is 0 Å². The van der Waals surface area contributed by atoms with Gasteiger partial charge in [0.15, 0.2) is 0 Å². The number of hydrogen-bond donors (Lipinski definition) is 1. The average Bonchev–Trinajstić information content (AvgIpc) is 2.36. The van der Waals surface area contributed by atoms with Crippen LogP contribution in [0.15, 0.2) is 16.4 Å². The van der Waals surface area contributed by atoms with Gasteiger partial charge in [-0.05, 0) is 11.5 Å². The van der Waals surface area contributed by atoms with Crippen molar-refractivity contribution < 1.29 is 0 Å². The minimum absolute atomic E-state index is 0.175. The maximum Gasteiger partial charge on any atom is 0.274 e. The Balaban J connectivity index is 3.09. The van der Waals surface area contributed by atoms with Crippen molar-refractivity contribution in [3.05, 3.63) is 21.9 Å². The van der Waals surface area contributed by atoms with Crippen LogP contribution in [0.2, 0.25) is 0 Å². The molecule has 0 aliphatic heterocycles. The number of aromatic amines is 1. The molecule has 0 atom stereocenters. The van der Waals surface area contributed by atoms with E-state index in [9.17, 15) is 4.79 Å². The van der Waals surface area contributed by atoms with E-state index in [1.54, 1.807) is 5.38 Å². The van der Waals surface area contributed by atoms with Crippen molar-refractivity contribution in [1.82, 2.24) is 14.6 Å². The third-order valence-electron chi connectivity index (χ3n) is 1.20. The van der Waals surface area contributed by atoms with Gasteiger partial charge in [0.1, 0.15) is 5.52 Å². The van der Waals surface area contributed by atoms with Gasteiger partial charge in [-0.3, -0.25) is 4.79 Å². The molecule has 2 heterocycles. The van der Waals surface area contributed by atoms with Crippen LogP contribution in [0.5, 0.6) is 0 Å². The molecule has 50 valence electrons. The summed E-state index contributed by atoms with van der Waals surface area (Å²) in [5.41, 5.74) is 0.486. The molecule has 0 fully saturated rings. The van der Waals surface area contributed by atoms with Crippen LogP contribution >= 0.6 is 11.5 Å². The maximum atomic E-state index is 10.9. The fourth-order valence-electron chi connectivity index (χ4n) is 0.721. The topological polar surface area (TPSA) is 58.6 Å². The van der Waals surface area contributed by atoms with Gasteiger partial charge in [-0.15, -0.1) is 0 Å². The Hall–Kier alpha value is -1.23. The second-order valence-electron chi connectivity index (χ2n) is 1.81. The van der Waals surface area contributed by atoms with Crippen LogP contribution in [0, 0.1) is 0 Å². The van der Waals surface area contributed by atoms with Crippen molar-refractivity contribution in [2.45, 2.75) is 0 Å². The Kier molecular flexibility index (Phi) is 1.04. The van der Waals surface area contributed by atoms with Gasteiger partial charge in [-0.25, -0.2) is 5.10 Å². The predicted molar refractivity (Wildman–Crippen MR) is 38.0 cm³/mol. The summed E-state index contributed by atoms with van der Waals surface area (Å²) in [4.78, 5) is 10.9. The van der Waals surface area contributed by atoms with E-state index in [2.05, 4.69) is 14.6 Å². The van der Waals surface area contributed by atoms with E-state index in [0.29, 0.717) is 10.9 Å². The van der Waals surface area contributed by atoms with Gasteiger partial charge in [0.2, 0.25) is 0 Å². The first-order chi connectivity index (χ1) is 4.88. The molecule has 0 spiro atoms. The number of nitrogens with one attached hydrogen (secondary N) is 1. The first-order valence-corrected chi connectivity index (χ1v) is 3.49. The highest BCUT2D eigenvalue weighted by Gasteiger charge is 1.98. The summed E-state index contributed by atoms with van der Waals surface area (Å²) in [6.07, 6.45) is 1.53. The second kappa shape index (κ2) is 1.88. The van der Waals surface area contributed by atoms with Crippen molar-refractivity contribution in [3.63, 3.8) is 0 Å². The second-order valence-corrected chi connectivity index (χ2v) is 2.44. The van der Waals surface area contributed by atoms with Crippen LogP contribution in [-0.2, 0) is 0 Å². The van der Waals surface area contributed by atoms with Crippen LogP contribution in [-0.4, -0.2) is 14.6 Å². The van der Waals surface area contributed by atoms with E-state index >= 15 is 0 Å². The molecule has 0 amide bonds. The number of fused-ring (bicyclic) bond motifs is 1. The Bertz CT molecular complexity index is 404. The van der Waals surface area contributed by atoms with Gasteiger partial charge < -0.3 is 0 Å². The molecule has 0 radical (unpaired) electrons. The first kappa shape index (κ1) is 5.55. The number of aromatic nitrogens is 3.